The van der Waals surface area contributed by atoms with Gasteiger partial charge in [0.1, 0.15) is 5.70 Å². The van der Waals surface area contributed by atoms with Gasteiger partial charge in [-0.2, -0.15) is 0 Å². The topological polar surface area (TPSA) is 76.7 Å². The molecule has 0 bridgehead atoms. The molecule has 2 N–H and O–H groups in total. The van der Waals surface area contributed by atoms with Gasteiger partial charge < -0.3 is 20.1 Å². The maximum absolute atomic E-state index is 12.9. The monoisotopic (exact) mass is 420 g/mol. The lowest BCUT2D eigenvalue weighted by Gasteiger charge is -2.11. The van der Waals surface area contributed by atoms with Crippen LogP contribution in [0.5, 0.6) is 11.5 Å². The number of aryl methyl sites for hydroxylation is 1. The number of benzene rings is 2. The Morgan fingerprint density at radius 1 is 1.07 bits per heavy atom. The molecule has 7 heteroatoms. The van der Waals surface area contributed by atoms with E-state index in [4.69, 9.17) is 9.47 Å². The van der Waals surface area contributed by atoms with Crippen molar-refractivity contribution >= 4 is 29.2 Å². The van der Waals surface area contributed by atoms with Gasteiger partial charge in [0.2, 0.25) is 6.79 Å². The maximum Gasteiger partial charge on any atom is 0.268 e. The van der Waals surface area contributed by atoms with Crippen LogP contribution < -0.4 is 20.1 Å². The Bertz CT molecular complexity index is 1110. The first-order valence-electron chi connectivity index (χ1n) is 9.38. The molecule has 0 radical (unpaired) electrons. The van der Waals surface area contributed by atoms with E-state index in [2.05, 4.69) is 10.6 Å². The van der Waals surface area contributed by atoms with Crippen LogP contribution in [0.4, 0.5) is 0 Å². The van der Waals surface area contributed by atoms with Gasteiger partial charge in [-0.25, -0.2) is 0 Å². The lowest BCUT2D eigenvalue weighted by molar-refractivity contribution is -0.117. The van der Waals surface area contributed by atoms with Crippen LogP contribution in [0.1, 0.15) is 26.4 Å². The summed E-state index contributed by atoms with van der Waals surface area (Å²) in [6.45, 7) is 2.40. The Morgan fingerprint density at radius 2 is 1.93 bits per heavy atom. The number of hydrogen-bond donors (Lipinski definition) is 2. The number of amides is 2. The fourth-order valence-electron chi connectivity index (χ4n) is 2.98. The zero-order valence-corrected chi connectivity index (χ0v) is 17.1. The Labute approximate surface area is 178 Å². The molecule has 0 spiro atoms. The predicted molar refractivity (Wildman–Crippen MR) is 115 cm³/mol. The number of nitrogens with one attached hydrogen (secondary N) is 2. The summed E-state index contributed by atoms with van der Waals surface area (Å²) in [6, 6.07) is 16.5. The van der Waals surface area contributed by atoms with E-state index in [1.165, 1.54) is 11.3 Å². The average Bonchev–Trinajstić information content (AvgIpc) is 3.42. The molecule has 0 aliphatic carbocycles. The third-order valence-electron chi connectivity index (χ3n) is 4.49. The van der Waals surface area contributed by atoms with E-state index in [1.54, 1.807) is 18.2 Å². The van der Waals surface area contributed by atoms with Crippen LogP contribution in [0.2, 0.25) is 0 Å². The third-order valence-corrected chi connectivity index (χ3v) is 5.31. The van der Waals surface area contributed by atoms with E-state index in [1.807, 2.05) is 54.8 Å². The lowest BCUT2D eigenvalue weighted by Crippen LogP contribution is -2.34. The molecule has 3 aromatic rings. The van der Waals surface area contributed by atoms with Gasteiger partial charge in [0.25, 0.3) is 11.8 Å². The normalized spacial score (nSPS) is 12.5. The second-order valence-corrected chi connectivity index (χ2v) is 7.75. The smallest absolute Gasteiger partial charge is 0.268 e. The molecule has 2 amide bonds. The van der Waals surface area contributed by atoms with Crippen LogP contribution in [0.3, 0.4) is 0 Å². The van der Waals surface area contributed by atoms with Gasteiger partial charge in [-0.15, -0.1) is 11.3 Å². The highest BCUT2D eigenvalue weighted by Crippen LogP contribution is 2.32. The maximum atomic E-state index is 12.9. The Hall–Kier alpha value is -3.58. The minimum atomic E-state index is -0.373. The quantitative estimate of drug-likeness (QED) is 0.594. The summed E-state index contributed by atoms with van der Waals surface area (Å²) in [5.41, 5.74) is 2.52. The number of carbonyl (C=O) groups is 2. The fraction of sp³-hybridized carbons (Fsp3) is 0.130. The molecule has 6 nitrogen and oxygen atoms in total. The van der Waals surface area contributed by atoms with Crippen molar-refractivity contribution in [1.82, 2.24) is 10.6 Å². The fourth-order valence-corrected chi connectivity index (χ4v) is 3.64. The minimum absolute atomic E-state index is 0.185. The molecule has 2 aromatic carbocycles. The number of rotatable bonds is 6. The first kappa shape index (κ1) is 19.7. The molecule has 30 heavy (non-hydrogen) atoms. The van der Waals surface area contributed by atoms with Crippen LogP contribution in [-0.4, -0.2) is 18.6 Å². The van der Waals surface area contributed by atoms with Gasteiger partial charge in [-0.05, 0) is 54.3 Å². The molecule has 1 aliphatic rings. The number of thiophene rings is 1. The van der Waals surface area contributed by atoms with Gasteiger partial charge >= 0.3 is 0 Å². The second-order valence-electron chi connectivity index (χ2n) is 6.77. The van der Waals surface area contributed by atoms with Crippen molar-refractivity contribution in [2.45, 2.75) is 13.5 Å². The Kier molecular flexibility index (Phi) is 5.81. The molecule has 0 fully saturated rings. The number of hydrogen-bond acceptors (Lipinski definition) is 5. The molecule has 0 unspecified atom stereocenters. The highest BCUT2D eigenvalue weighted by Gasteiger charge is 2.17. The SMILES string of the molecule is Cc1cccc(C(=O)N/C(=C\c2cccs2)C(=O)NCc2ccc3c(c2)OCO3)c1. The first-order valence-corrected chi connectivity index (χ1v) is 10.3. The van der Waals surface area contributed by atoms with Crippen molar-refractivity contribution in [2.75, 3.05) is 6.79 Å². The number of fused-ring (bicyclic) bond motifs is 1. The molecular formula is C23H20N2O4S. The number of ether oxygens (including phenoxy) is 2. The van der Waals surface area contributed by atoms with E-state index < -0.39 is 0 Å². The zero-order chi connectivity index (χ0) is 20.9. The predicted octanol–water partition coefficient (Wildman–Crippen LogP) is 3.87. The van der Waals surface area contributed by atoms with E-state index in [0.717, 1.165) is 16.0 Å². The van der Waals surface area contributed by atoms with Crippen molar-refractivity contribution in [1.29, 1.82) is 0 Å². The molecule has 0 saturated carbocycles. The van der Waals surface area contributed by atoms with Gasteiger partial charge in [0, 0.05) is 17.0 Å². The van der Waals surface area contributed by atoms with Crippen LogP contribution >= 0.6 is 11.3 Å². The highest BCUT2D eigenvalue weighted by atomic mass is 32.1. The summed E-state index contributed by atoms with van der Waals surface area (Å²) in [7, 11) is 0. The van der Waals surface area contributed by atoms with Crippen molar-refractivity contribution < 1.29 is 19.1 Å². The summed E-state index contributed by atoms with van der Waals surface area (Å²) in [4.78, 5) is 26.4. The number of carbonyl (C=O) groups excluding carboxylic acids is 2. The van der Waals surface area contributed by atoms with Crippen molar-refractivity contribution in [3.63, 3.8) is 0 Å². The van der Waals surface area contributed by atoms with Crippen LogP contribution in [0.25, 0.3) is 6.08 Å². The summed E-state index contributed by atoms with van der Waals surface area (Å²) in [5, 5.41) is 7.52. The third kappa shape index (κ3) is 4.69. The molecule has 1 aromatic heterocycles. The van der Waals surface area contributed by atoms with E-state index in [0.29, 0.717) is 17.1 Å². The lowest BCUT2D eigenvalue weighted by atomic mass is 10.1. The van der Waals surface area contributed by atoms with E-state index in [9.17, 15) is 9.59 Å². The molecule has 0 saturated heterocycles. The van der Waals surface area contributed by atoms with Gasteiger partial charge in [-0.3, -0.25) is 9.59 Å². The molecular weight excluding hydrogens is 400 g/mol. The van der Waals surface area contributed by atoms with Gasteiger partial charge in [0.05, 0.1) is 0 Å². The molecule has 4 rings (SSSR count). The summed E-state index contributed by atoms with van der Waals surface area (Å²) < 4.78 is 10.7. The summed E-state index contributed by atoms with van der Waals surface area (Å²) in [6.07, 6.45) is 1.67. The van der Waals surface area contributed by atoms with Crippen molar-refractivity contribution in [2.24, 2.45) is 0 Å². The standard InChI is InChI=1S/C23H20N2O4S/c1-15-4-2-5-17(10-15)22(26)25-19(12-18-6-3-9-30-18)23(27)24-13-16-7-8-20-21(11-16)29-14-28-20/h2-12H,13-14H2,1H3,(H,24,27)(H,25,26)/b19-12-. The Balaban J connectivity index is 1.49. The molecule has 0 atom stereocenters. The van der Waals surface area contributed by atoms with Crippen molar-refractivity contribution in [3.05, 3.63) is 87.2 Å². The van der Waals surface area contributed by atoms with Gasteiger partial charge in [-0.1, -0.05) is 29.8 Å². The summed E-state index contributed by atoms with van der Waals surface area (Å²) >= 11 is 1.48. The first-order chi connectivity index (χ1) is 14.6. The molecule has 1 aliphatic heterocycles. The molecule has 152 valence electrons. The zero-order valence-electron chi connectivity index (χ0n) is 16.3. The van der Waals surface area contributed by atoms with Crippen LogP contribution in [0, 0.1) is 6.92 Å². The van der Waals surface area contributed by atoms with Crippen LogP contribution in [0.15, 0.2) is 65.7 Å². The second kappa shape index (κ2) is 8.84. The average molecular weight is 420 g/mol. The largest absolute Gasteiger partial charge is 0.454 e. The van der Waals surface area contributed by atoms with Gasteiger partial charge in [0.15, 0.2) is 11.5 Å². The van der Waals surface area contributed by atoms with Crippen molar-refractivity contribution in [3.8, 4) is 11.5 Å². The van der Waals surface area contributed by atoms with E-state index in [-0.39, 0.29) is 30.8 Å². The van der Waals surface area contributed by atoms with E-state index >= 15 is 0 Å². The van der Waals surface area contributed by atoms with Crippen LogP contribution in [-0.2, 0) is 11.3 Å². The minimum Gasteiger partial charge on any atom is -0.454 e. The highest BCUT2D eigenvalue weighted by molar-refractivity contribution is 7.10. The summed E-state index contributed by atoms with van der Waals surface area (Å²) in [5.74, 6) is 0.638. The molecule has 2 heterocycles. The Morgan fingerprint density at radius 3 is 2.73 bits per heavy atom.